The summed E-state index contributed by atoms with van der Waals surface area (Å²) >= 11 is 1.36. The van der Waals surface area contributed by atoms with E-state index in [-0.39, 0.29) is 10.6 Å². The lowest BCUT2D eigenvalue weighted by Crippen LogP contribution is -2.11. The lowest BCUT2D eigenvalue weighted by Gasteiger charge is -2.10. The molecule has 0 aliphatic carbocycles. The Kier molecular flexibility index (Phi) is 5.27. The van der Waals surface area contributed by atoms with Gasteiger partial charge in [0.05, 0.1) is 16.3 Å². The number of nitrogens with zero attached hydrogens (tertiary/aromatic N) is 2. The molecule has 0 amide bonds. The first-order chi connectivity index (χ1) is 14.3. The van der Waals surface area contributed by atoms with Crippen molar-refractivity contribution in [1.29, 1.82) is 0 Å². The van der Waals surface area contributed by atoms with Crippen LogP contribution in [-0.4, -0.2) is 18.2 Å². The van der Waals surface area contributed by atoms with E-state index in [1.807, 2.05) is 24.4 Å². The van der Waals surface area contributed by atoms with Gasteiger partial charge < -0.3 is 0 Å². The van der Waals surface area contributed by atoms with Gasteiger partial charge in [0, 0.05) is 16.0 Å². The third kappa shape index (κ3) is 3.79. The van der Waals surface area contributed by atoms with Gasteiger partial charge in [0.1, 0.15) is 5.69 Å². The number of primary sulfonamides is 1. The molecule has 0 unspecified atom stereocenters. The van der Waals surface area contributed by atoms with Gasteiger partial charge in [-0.25, -0.2) is 27.0 Å². The average molecular weight is 446 g/mol. The molecule has 0 aliphatic rings. The van der Waals surface area contributed by atoms with E-state index in [0.717, 1.165) is 5.56 Å². The highest BCUT2D eigenvalue weighted by Crippen LogP contribution is 2.42. The first kappa shape index (κ1) is 20.4. The average Bonchev–Trinajstić information content (AvgIpc) is 3.32. The van der Waals surface area contributed by atoms with Crippen LogP contribution in [0.4, 0.5) is 8.78 Å². The summed E-state index contributed by atoms with van der Waals surface area (Å²) in [5.41, 5.74) is 2.58. The van der Waals surface area contributed by atoms with Crippen LogP contribution in [-0.2, 0) is 10.0 Å². The van der Waals surface area contributed by atoms with E-state index in [0.29, 0.717) is 27.4 Å². The molecule has 0 atom stereocenters. The van der Waals surface area contributed by atoms with Gasteiger partial charge in [-0.2, -0.15) is 5.10 Å². The van der Waals surface area contributed by atoms with Crippen molar-refractivity contribution in [3.63, 3.8) is 0 Å². The Morgan fingerprint density at radius 2 is 1.73 bits per heavy atom. The summed E-state index contributed by atoms with van der Waals surface area (Å²) < 4.78 is 52.7. The number of rotatable bonds is 5. The van der Waals surface area contributed by atoms with Crippen LogP contribution >= 0.6 is 11.3 Å². The predicted octanol–water partition coefficient (Wildman–Crippen LogP) is 5.16. The molecular formula is C21H17F2N3O2S2. The molecule has 0 bridgehead atoms. The van der Waals surface area contributed by atoms with E-state index in [1.165, 1.54) is 28.2 Å². The van der Waals surface area contributed by atoms with Crippen molar-refractivity contribution >= 4 is 21.4 Å². The highest BCUT2D eigenvalue weighted by molar-refractivity contribution is 7.89. The van der Waals surface area contributed by atoms with Crippen LogP contribution in [0.5, 0.6) is 0 Å². The summed E-state index contributed by atoms with van der Waals surface area (Å²) in [6.45, 7) is 1.89. The molecule has 0 fully saturated rings. The molecule has 2 aromatic heterocycles. The van der Waals surface area contributed by atoms with E-state index in [1.54, 1.807) is 36.4 Å². The molecule has 2 N–H and O–H groups in total. The second kappa shape index (κ2) is 7.75. The number of hydrogen-bond donors (Lipinski definition) is 1. The first-order valence-corrected chi connectivity index (χ1v) is 11.3. The smallest absolute Gasteiger partial charge is 0.232 e. The number of aryl methyl sites for hydroxylation is 1. The van der Waals surface area contributed by atoms with Crippen molar-refractivity contribution in [2.45, 2.75) is 18.2 Å². The molecule has 0 aliphatic heterocycles. The van der Waals surface area contributed by atoms with Gasteiger partial charge >= 0.3 is 0 Å². The SMILES string of the molecule is Cc1csc(-c2c(C(F)F)nn(-c3ccccc3)c2-c2ccc(S(N)(=O)=O)cc2)c1. The van der Waals surface area contributed by atoms with E-state index in [9.17, 15) is 17.2 Å². The normalized spacial score (nSPS) is 11.9. The number of benzene rings is 2. The molecule has 30 heavy (non-hydrogen) atoms. The predicted molar refractivity (Wildman–Crippen MR) is 113 cm³/mol. The fraction of sp³-hybridized carbons (Fsp3) is 0.0952. The minimum Gasteiger partial charge on any atom is -0.232 e. The molecule has 0 saturated heterocycles. The van der Waals surface area contributed by atoms with E-state index >= 15 is 0 Å². The van der Waals surface area contributed by atoms with Crippen LogP contribution in [0.25, 0.3) is 27.4 Å². The van der Waals surface area contributed by atoms with Gasteiger partial charge in [0.15, 0.2) is 0 Å². The Labute approximate surface area is 176 Å². The summed E-state index contributed by atoms with van der Waals surface area (Å²) in [4.78, 5) is 0.607. The molecule has 4 rings (SSSR count). The van der Waals surface area contributed by atoms with Crippen LogP contribution in [0.3, 0.4) is 0 Å². The number of hydrogen-bond acceptors (Lipinski definition) is 4. The topological polar surface area (TPSA) is 78.0 Å². The maximum absolute atomic E-state index is 14.0. The largest absolute Gasteiger partial charge is 0.282 e. The van der Waals surface area contributed by atoms with Crippen molar-refractivity contribution in [2.75, 3.05) is 0 Å². The van der Waals surface area contributed by atoms with Crippen LogP contribution in [0, 0.1) is 6.92 Å². The molecule has 0 spiro atoms. The summed E-state index contributed by atoms with van der Waals surface area (Å²) in [6, 6.07) is 16.6. The molecular weight excluding hydrogens is 428 g/mol. The number of halogens is 2. The van der Waals surface area contributed by atoms with Crippen molar-refractivity contribution in [3.8, 4) is 27.4 Å². The zero-order chi connectivity index (χ0) is 21.5. The van der Waals surface area contributed by atoms with Gasteiger partial charge in [0.2, 0.25) is 10.0 Å². The number of aromatic nitrogens is 2. The van der Waals surface area contributed by atoms with Gasteiger partial charge in [-0.15, -0.1) is 11.3 Å². The summed E-state index contributed by atoms with van der Waals surface area (Å²) in [5, 5.41) is 11.3. The molecule has 9 heteroatoms. The van der Waals surface area contributed by atoms with Crippen LogP contribution in [0.2, 0.25) is 0 Å². The standard InChI is InChI=1S/C21H17F2N3O2S2/c1-13-11-17(29-12-13)18-19(21(22)23)25-26(15-5-3-2-4-6-15)20(18)14-7-9-16(10-8-14)30(24,27)28/h2-12,21H,1H3,(H2,24,27,28). The van der Waals surface area contributed by atoms with Crippen molar-refractivity contribution in [3.05, 3.63) is 77.3 Å². The Hall–Kier alpha value is -2.88. The highest BCUT2D eigenvalue weighted by atomic mass is 32.2. The van der Waals surface area contributed by atoms with Crippen molar-refractivity contribution in [1.82, 2.24) is 9.78 Å². The fourth-order valence-electron chi connectivity index (χ4n) is 3.22. The second-order valence-electron chi connectivity index (χ2n) is 6.71. The van der Waals surface area contributed by atoms with E-state index < -0.39 is 16.4 Å². The minimum absolute atomic E-state index is 0.0559. The molecule has 4 aromatic rings. The first-order valence-electron chi connectivity index (χ1n) is 8.91. The summed E-state index contributed by atoms with van der Waals surface area (Å²) in [7, 11) is -3.87. The number of nitrogens with two attached hydrogens (primary N) is 1. The number of thiophene rings is 1. The molecule has 2 aromatic carbocycles. The zero-order valence-electron chi connectivity index (χ0n) is 15.8. The Morgan fingerprint density at radius 3 is 2.27 bits per heavy atom. The van der Waals surface area contributed by atoms with Gasteiger partial charge in [-0.1, -0.05) is 30.3 Å². The fourth-order valence-corrected chi connectivity index (χ4v) is 4.69. The lowest BCUT2D eigenvalue weighted by atomic mass is 10.0. The van der Waals surface area contributed by atoms with Crippen molar-refractivity contribution in [2.24, 2.45) is 5.14 Å². The Balaban J connectivity index is 2.03. The molecule has 0 saturated carbocycles. The number of para-hydroxylation sites is 1. The second-order valence-corrected chi connectivity index (χ2v) is 9.19. The van der Waals surface area contributed by atoms with Crippen molar-refractivity contribution < 1.29 is 17.2 Å². The molecule has 0 radical (unpaired) electrons. The molecule has 154 valence electrons. The summed E-state index contributed by atoms with van der Waals surface area (Å²) in [6.07, 6.45) is -2.78. The summed E-state index contributed by atoms with van der Waals surface area (Å²) in [5.74, 6) is 0. The van der Waals surface area contributed by atoms with Gasteiger partial charge in [0.25, 0.3) is 6.43 Å². The lowest BCUT2D eigenvalue weighted by molar-refractivity contribution is 0.146. The molecule has 2 heterocycles. The molecule has 5 nitrogen and oxygen atoms in total. The maximum Gasteiger partial charge on any atom is 0.282 e. The van der Waals surface area contributed by atoms with E-state index in [2.05, 4.69) is 5.10 Å². The monoisotopic (exact) mass is 445 g/mol. The van der Waals surface area contributed by atoms with Gasteiger partial charge in [-0.05, 0) is 48.2 Å². The van der Waals surface area contributed by atoms with Gasteiger partial charge in [-0.3, -0.25) is 0 Å². The van der Waals surface area contributed by atoms with Crippen LogP contribution in [0.15, 0.2) is 70.9 Å². The highest BCUT2D eigenvalue weighted by Gasteiger charge is 2.28. The minimum atomic E-state index is -3.87. The quantitative estimate of drug-likeness (QED) is 0.461. The third-order valence-electron chi connectivity index (χ3n) is 4.55. The Bertz CT molecular complexity index is 1300. The third-order valence-corrected chi connectivity index (χ3v) is 6.55. The zero-order valence-corrected chi connectivity index (χ0v) is 17.4. The maximum atomic E-state index is 14.0. The Morgan fingerprint density at radius 1 is 1.07 bits per heavy atom. The van der Waals surface area contributed by atoms with E-state index in [4.69, 9.17) is 5.14 Å². The van der Waals surface area contributed by atoms with Crippen LogP contribution < -0.4 is 5.14 Å². The number of alkyl halides is 2. The van der Waals surface area contributed by atoms with Crippen LogP contribution in [0.1, 0.15) is 17.7 Å². The number of sulfonamides is 1.